The molecular weight excluding hydrogens is 424 g/mol. The Bertz CT molecular complexity index is 800. The van der Waals surface area contributed by atoms with Crippen LogP contribution in [-0.4, -0.2) is 42.4 Å². The van der Waals surface area contributed by atoms with E-state index in [1.807, 2.05) is 24.3 Å². The third-order valence-corrected chi connectivity index (χ3v) is 12.6. The molecule has 7 heteroatoms. The van der Waals surface area contributed by atoms with Gasteiger partial charge in [0.2, 0.25) is 0 Å². The molecule has 168 valence electrons. The van der Waals surface area contributed by atoms with Gasteiger partial charge in [-0.25, -0.2) is 0 Å². The fourth-order valence-electron chi connectivity index (χ4n) is 3.52. The molecule has 0 radical (unpaired) electrons. The van der Waals surface area contributed by atoms with Crippen LogP contribution in [0.15, 0.2) is 48.5 Å². The molecule has 0 amide bonds. The molecule has 0 fully saturated rings. The predicted molar refractivity (Wildman–Crippen MR) is 130 cm³/mol. The lowest BCUT2D eigenvalue weighted by molar-refractivity contribution is 0.0980. The number of hydrogen-bond donors (Lipinski definition) is 0. The van der Waals surface area contributed by atoms with E-state index in [4.69, 9.17) is 13.6 Å². The van der Waals surface area contributed by atoms with E-state index in [1.165, 1.54) is 0 Å². The Morgan fingerprint density at radius 2 is 0.968 bits per heavy atom. The van der Waals surface area contributed by atoms with Crippen molar-refractivity contribution in [1.82, 2.24) is 0 Å². The summed E-state index contributed by atoms with van der Waals surface area (Å²) < 4.78 is 16.9. The number of Topliss-reactive ketones (excluding diaryl/α,β-unsaturated/α-hetero) is 2. The molecule has 0 heterocycles. The van der Waals surface area contributed by atoms with Crippen molar-refractivity contribution in [2.75, 3.05) is 14.2 Å². The summed E-state index contributed by atoms with van der Waals surface area (Å²) in [4.78, 5) is 25.1. The van der Waals surface area contributed by atoms with Gasteiger partial charge in [0.05, 0.1) is 14.2 Å². The van der Waals surface area contributed by atoms with Crippen molar-refractivity contribution in [1.29, 1.82) is 0 Å². The van der Waals surface area contributed by atoms with Crippen molar-refractivity contribution in [3.05, 3.63) is 59.7 Å². The lowest BCUT2D eigenvalue weighted by Gasteiger charge is -2.34. The van der Waals surface area contributed by atoms with Gasteiger partial charge in [-0.1, -0.05) is 0 Å². The predicted octanol–water partition coefficient (Wildman–Crippen LogP) is 5.98. The highest BCUT2D eigenvalue weighted by Gasteiger charge is 2.33. The summed E-state index contributed by atoms with van der Waals surface area (Å²) in [6, 6.07) is 16.0. The fraction of sp³-hybridized carbons (Fsp3) is 0.417. The van der Waals surface area contributed by atoms with Crippen LogP contribution in [0.3, 0.4) is 0 Å². The molecule has 0 saturated heterocycles. The number of carbonyl (C=O) groups is 2. The highest BCUT2D eigenvalue weighted by Crippen LogP contribution is 2.26. The van der Waals surface area contributed by atoms with E-state index in [2.05, 4.69) is 26.2 Å². The molecule has 0 atom stereocenters. The number of rotatable bonds is 12. The van der Waals surface area contributed by atoms with Gasteiger partial charge in [-0.2, -0.15) is 0 Å². The summed E-state index contributed by atoms with van der Waals surface area (Å²) >= 11 is 0. The van der Waals surface area contributed by atoms with E-state index >= 15 is 0 Å². The summed E-state index contributed by atoms with van der Waals surface area (Å²) in [7, 11) is -0.836. The highest BCUT2D eigenvalue weighted by atomic mass is 28.4. The molecule has 5 nitrogen and oxygen atoms in total. The summed E-state index contributed by atoms with van der Waals surface area (Å²) in [6.45, 7) is 8.64. The van der Waals surface area contributed by atoms with Crippen LogP contribution in [0.5, 0.6) is 11.5 Å². The van der Waals surface area contributed by atoms with Gasteiger partial charge in [-0.15, -0.1) is 0 Å². The average molecular weight is 459 g/mol. The van der Waals surface area contributed by atoms with Crippen molar-refractivity contribution in [3.8, 4) is 11.5 Å². The first-order valence-electron chi connectivity index (χ1n) is 10.6. The Morgan fingerprint density at radius 1 is 0.645 bits per heavy atom. The first-order chi connectivity index (χ1) is 14.5. The third-order valence-electron chi connectivity index (χ3n) is 5.28. The lowest BCUT2D eigenvalue weighted by Crippen LogP contribution is -2.44. The Labute approximate surface area is 188 Å². The Balaban J connectivity index is 1.86. The number of hydrogen-bond acceptors (Lipinski definition) is 5. The van der Waals surface area contributed by atoms with Gasteiger partial charge < -0.3 is 13.6 Å². The molecule has 0 spiro atoms. The molecule has 0 aliphatic carbocycles. The first-order valence-corrected chi connectivity index (χ1v) is 16.8. The van der Waals surface area contributed by atoms with E-state index < -0.39 is 16.6 Å². The molecule has 31 heavy (non-hydrogen) atoms. The van der Waals surface area contributed by atoms with Crippen LogP contribution < -0.4 is 9.47 Å². The number of benzene rings is 2. The monoisotopic (exact) mass is 458 g/mol. The molecule has 0 N–H and O–H groups in total. The van der Waals surface area contributed by atoms with Gasteiger partial charge in [0.1, 0.15) is 11.5 Å². The minimum absolute atomic E-state index is 0.126. The zero-order chi connectivity index (χ0) is 23.1. The molecule has 2 aromatic carbocycles. The summed E-state index contributed by atoms with van der Waals surface area (Å²) in [5.74, 6) is 1.74. The molecular formula is C24H34O5Si2. The van der Waals surface area contributed by atoms with Gasteiger partial charge in [-0.05, 0) is 86.8 Å². The Morgan fingerprint density at radius 3 is 1.26 bits per heavy atom. The number of ether oxygens (including phenoxy) is 2. The molecule has 2 rings (SSSR count). The average Bonchev–Trinajstić information content (AvgIpc) is 2.75. The molecule has 0 aliphatic rings. The molecule has 0 aliphatic heterocycles. The van der Waals surface area contributed by atoms with Gasteiger partial charge in [0.15, 0.2) is 28.2 Å². The Hall–Kier alpha value is -2.23. The van der Waals surface area contributed by atoms with Crippen molar-refractivity contribution < 1.29 is 23.2 Å². The topological polar surface area (TPSA) is 61.8 Å². The molecule has 0 bridgehead atoms. The number of ketones is 2. The maximum Gasteiger partial charge on any atom is 0.173 e. The van der Waals surface area contributed by atoms with E-state index in [-0.39, 0.29) is 11.6 Å². The quantitative estimate of drug-likeness (QED) is 0.289. The van der Waals surface area contributed by atoms with Crippen LogP contribution >= 0.6 is 0 Å². The SMILES string of the molecule is COc1ccc(C(=O)CC[Si](C)(C)O[Si](C)(C)CCC(=O)c2ccc(OC)cc2)cc1. The zero-order valence-electron chi connectivity index (χ0n) is 19.5. The lowest BCUT2D eigenvalue weighted by atomic mass is 10.1. The summed E-state index contributed by atoms with van der Waals surface area (Å²) in [5.41, 5.74) is 1.40. The fourth-order valence-corrected chi connectivity index (χ4v) is 12.0. The zero-order valence-corrected chi connectivity index (χ0v) is 21.5. The summed E-state index contributed by atoms with van der Waals surface area (Å²) in [5, 5.41) is 0. The van der Waals surface area contributed by atoms with Crippen LogP contribution in [0.4, 0.5) is 0 Å². The van der Waals surface area contributed by atoms with Crippen LogP contribution in [0.2, 0.25) is 38.3 Å². The minimum Gasteiger partial charge on any atom is -0.497 e. The number of methoxy groups -OCH3 is 2. The van der Waals surface area contributed by atoms with Crippen LogP contribution in [-0.2, 0) is 4.12 Å². The van der Waals surface area contributed by atoms with Gasteiger partial charge >= 0.3 is 0 Å². The van der Waals surface area contributed by atoms with Crippen molar-refractivity contribution in [2.24, 2.45) is 0 Å². The second-order valence-electron chi connectivity index (χ2n) is 8.92. The molecule has 0 saturated carbocycles. The molecule has 0 aromatic heterocycles. The van der Waals surface area contributed by atoms with Crippen molar-refractivity contribution in [3.63, 3.8) is 0 Å². The highest BCUT2D eigenvalue weighted by molar-refractivity contribution is 6.85. The maximum absolute atomic E-state index is 12.6. The Kier molecular flexibility index (Phi) is 8.79. The van der Waals surface area contributed by atoms with Crippen LogP contribution in [0.25, 0.3) is 0 Å². The molecule has 2 aromatic rings. The smallest absolute Gasteiger partial charge is 0.173 e. The van der Waals surface area contributed by atoms with E-state index in [0.29, 0.717) is 24.0 Å². The van der Waals surface area contributed by atoms with E-state index in [9.17, 15) is 9.59 Å². The van der Waals surface area contributed by atoms with Crippen molar-refractivity contribution >= 4 is 28.2 Å². The van der Waals surface area contributed by atoms with E-state index in [1.54, 1.807) is 38.5 Å². The largest absolute Gasteiger partial charge is 0.497 e. The van der Waals surface area contributed by atoms with Gasteiger partial charge in [0.25, 0.3) is 0 Å². The minimum atomic E-state index is -2.03. The first kappa shape index (κ1) is 25.0. The summed E-state index contributed by atoms with van der Waals surface area (Å²) in [6.07, 6.45) is 0.946. The molecule has 0 unspecified atom stereocenters. The maximum atomic E-state index is 12.6. The standard InChI is InChI=1S/C24H34O5Si2/c1-27-21-11-7-19(8-12-21)23(25)15-17-30(3,4)29-31(5,6)18-16-24(26)20-9-13-22(28-2)14-10-20/h7-14H,15-18H2,1-6H3. The van der Waals surface area contributed by atoms with Crippen LogP contribution in [0, 0.1) is 0 Å². The third kappa shape index (κ3) is 8.08. The van der Waals surface area contributed by atoms with Crippen LogP contribution in [0.1, 0.15) is 33.6 Å². The van der Waals surface area contributed by atoms with Gasteiger partial charge in [0, 0.05) is 24.0 Å². The van der Waals surface area contributed by atoms with Gasteiger partial charge in [-0.3, -0.25) is 9.59 Å². The second kappa shape index (κ2) is 10.9. The second-order valence-corrected chi connectivity index (χ2v) is 17.8. The van der Waals surface area contributed by atoms with E-state index in [0.717, 1.165) is 23.6 Å². The normalized spacial score (nSPS) is 11.8. The van der Waals surface area contributed by atoms with Crippen molar-refractivity contribution in [2.45, 2.75) is 51.1 Å². The number of carbonyl (C=O) groups excluding carboxylic acids is 2.